The molecule has 0 fully saturated rings. The van der Waals surface area contributed by atoms with E-state index in [0.29, 0.717) is 11.5 Å². The number of carboxylic acids is 2. The fourth-order valence-electron chi connectivity index (χ4n) is 2.56. The van der Waals surface area contributed by atoms with Crippen LogP contribution in [0.5, 0.6) is 11.5 Å². The number of methoxy groups -OCH3 is 2. The third kappa shape index (κ3) is 8.43. The molecule has 2 heterocycles. The van der Waals surface area contributed by atoms with E-state index in [1.54, 1.807) is 49.1 Å². The van der Waals surface area contributed by atoms with Gasteiger partial charge in [-0.3, -0.25) is 9.97 Å². The Balaban J connectivity index is 0.000000181. The van der Waals surface area contributed by atoms with Gasteiger partial charge in [0, 0.05) is 24.8 Å². The van der Waals surface area contributed by atoms with Crippen LogP contribution in [0, 0.1) is 0 Å². The van der Waals surface area contributed by atoms with Crippen molar-refractivity contribution in [3.8, 4) is 22.6 Å². The second-order valence-corrected chi connectivity index (χ2v) is 6.54. The van der Waals surface area contributed by atoms with E-state index in [2.05, 4.69) is 9.97 Å². The lowest BCUT2D eigenvalue weighted by Crippen LogP contribution is -1.95. The standard InChI is InChI=1S/C10H8N2.2C8H8O3/c1-5-11-6-2-9(1)10-3-7-12-8-4-10;2*1-11-7-4-2-6(3-5-7)8(9)10/h1-8H;2*2-5H,1H3,(H,9,10). The molecule has 4 aromatic rings. The van der Waals surface area contributed by atoms with Crippen molar-refractivity contribution in [1.82, 2.24) is 9.97 Å². The fourth-order valence-corrected chi connectivity index (χ4v) is 2.56. The molecule has 0 saturated carbocycles. The topological polar surface area (TPSA) is 119 Å². The van der Waals surface area contributed by atoms with Crippen LogP contribution in [0.4, 0.5) is 0 Å². The minimum absolute atomic E-state index is 0.269. The number of carbonyl (C=O) groups is 2. The lowest BCUT2D eigenvalue weighted by Gasteiger charge is -1.98. The maximum absolute atomic E-state index is 10.4. The van der Waals surface area contributed by atoms with E-state index in [0.717, 1.165) is 0 Å². The van der Waals surface area contributed by atoms with Crippen molar-refractivity contribution in [1.29, 1.82) is 0 Å². The zero-order valence-electron chi connectivity index (χ0n) is 18.7. The maximum Gasteiger partial charge on any atom is 0.335 e. The molecule has 2 aromatic carbocycles. The molecule has 0 amide bonds. The molecule has 0 atom stereocenters. The molecule has 0 spiro atoms. The molecule has 34 heavy (non-hydrogen) atoms. The SMILES string of the molecule is COc1ccc(C(=O)O)cc1.COc1ccc(C(=O)O)cc1.c1cc(-c2ccncc2)ccn1. The average molecular weight is 460 g/mol. The van der Waals surface area contributed by atoms with E-state index in [9.17, 15) is 9.59 Å². The Morgan fingerprint density at radius 1 is 0.559 bits per heavy atom. The monoisotopic (exact) mass is 460 g/mol. The number of nitrogens with zero attached hydrogens (tertiary/aromatic N) is 2. The number of rotatable bonds is 5. The first-order valence-corrected chi connectivity index (χ1v) is 9.99. The fraction of sp³-hybridized carbons (Fsp3) is 0.0769. The average Bonchev–Trinajstić information content (AvgIpc) is 2.90. The zero-order valence-corrected chi connectivity index (χ0v) is 18.7. The molecule has 4 rings (SSSR count). The minimum Gasteiger partial charge on any atom is -0.497 e. The first kappa shape index (κ1) is 25.5. The summed E-state index contributed by atoms with van der Waals surface area (Å²) in [6, 6.07) is 20.4. The van der Waals surface area contributed by atoms with Crippen molar-refractivity contribution in [2.45, 2.75) is 0 Å². The third-order valence-corrected chi connectivity index (χ3v) is 4.37. The van der Waals surface area contributed by atoms with Gasteiger partial charge in [-0.05, 0) is 83.9 Å². The van der Waals surface area contributed by atoms with Gasteiger partial charge < -0.3 is 19.7 Å². The molecule has 0 saturated heterocycles. The quantitative estimate of drug-likeness (QED) is 0.430. The van der Waals surface area contributed by atoms with Crippen molar-refractivity contribution in [2.75, 3.05) is 14.2 Å². The van der Waals surface area contributed by atoms with Crippen molar-refractivity contribution in [3.63, 3.8) is 0 Å². The van der Waals surface area contributed by atoms with Gasteiger partial charge in [0.25, 0.3) is 0 Å². The number of aromatic carboxylic acids is 2. The summed E-state index contributed by atoms with van der Waals surface area (Å²) >= 11 is 0. The van der Waals surface area contributed by atoms with Gasteiger partial charge in [0.15, 0.2) is 0 Å². The lowest BCUT2D eigenvalue weighted by molar-refractivity contribution is 0.0686. The maximum atomic E-state index is 10.4. The first-order chi connectivity index (χ1) is 16.4. The van der Waals surface area contributed by atoms with E-state index >= 15 is 0 Å². The minimum atomic E-state index is -0.923. The summed E-state index contributed by atoms with van der Waals surface area (Å²) in [5.74, 6) is -0.523. The Kier molecular flexibility index (Phi) is 10.2. The molecule has 8 nitrogen and oxygen atoms in total. The summed E-state index contributed by atoms with van der Waals surface area (Å²) < 4.78 is 9.71. The largest absolute Gasteiger partial charge is 0.497 e. The molecular weight excluding hydrogens is 436 g/mol. The van der Waals surface area contributed by atoms with E-state index in [1.165, 1.54) is 49.6 Å². The van der Waals surface area contributed by atoms with Gasteiger partial charge >= 0.3 is 11.9 Å². The van der Waals surface area contributed by atoms with Gasteiger partial charge in [-0.1, -0.05) is 0 Å². The van der Waals surface area contributed by atoms with Crippen LogP contribution in [0.1, 0.15) is 20.7 Å². The van der Waals surface area contributed by atoms with Gasteiger partial charge in [0.1, 0.15) is 11.5 Å². The van der Waals surface area contributed by atoms with E-state index < -0.39 is 11.9 Å². The van der Waals surface area contributed by atoms with E-state index in [1.807, 2.05) is 24.3 Å². The highest BCUT2D eigenvalue weighted by Crippen LogP contribution is 2.15. The van der Waals surface area contributed by atoms with Gasteiger partial charge in [-0.25, -0.2) is 9.59 Å². The molecule has 2 aromatic heterocycles. The zero-order chi connectivity index (χ0) is 24.8. The van der Waals surface area contributed by atoms with Gasteiger partial charge in [-0.15, -0.1) is 0 Å². The predicted octanol–water partition coefficient (Wildman–Crippen LogP) is 4.93. The number of benzene rings is 2. The summed E-state index contributed by atoms with van der Waals surface area (Å²) in [5, 5.41) is 17.0. The molecule has 0 radical (unpaired) electrons. The second-order valence-electron chi connectivity index (χ2n) is 6.54. The summed E-state index contributed by atoms with van der Waals surface area (Å²) in [7, 11) is 3.07. The molecule has 2 N–H and O–H groups in total. The smallest absolute Gasteiger partial charge is 0.335 e. The number of carboxylic acid groups (broad SMARTS) is 2. The Hall–Kier alpha value is -4.72. The number of aromatic nitrogens is 2. The van der Waals surface area contributed by atoms with Crippen LogP contribution in [-0.2, 0) is 0 Å². The molecule has 0 aliphatic rings. The summed E-state index contributed by atoms with van der Waals surface area (Å²) in [4.78, 5) is 28.6. The van der Waals surface area contributed by atoms with Crippen LogP contribution in [0.2, 0.25) is 0 Å². The van der Waals surface area contributed by atoms with Crippen molar-refractivity contribution in [3.05, 3.63) is 109 Å². The van der Waals surface area contributed by atoms with Crippen LogP contribution in [0.25, 0.3) is 11.1 Å². The van der Waals surface area contributed by atoms with Crippen molar-refractivity contribution >= 4 is 11.9 Å². The van der Waals surface area contributed by atoms with Crippen LogP contribution in [0.3, 0.4) is 0 Å². The Morgan fingerprint density at radius 2 is 0.853 bits per heavy atom. The summed E-state index contributed by atoms with van der Waals surface area (Å²) in [6.45, 7) is 0. The number of hydrogen-bond acceptors (Lipinski definition) is 6. The highest BCUT2D eigenvalue weighted by atomic mass is 16.5. The van der Waals surface area contributed by atoms with Crippen LogP contribution < -0.4 is 9.47 Å². The van der Waals surface area contributed by atoms with Gasteiger partial charge in [0.05, 0.1) is 25.3 Å². The van der Waals surface area contributed by atoms with Crippen molar-refractivity contribution < 1.29 is 29.3 Å². The highest BCUT2D eigenvalue weighted by molar-refractivity contribution is 5.88. The predicted molar refractivity (Wildman–Crippen MR) is 127 cm³/mol. The third-order valence-electron chi connectivity index (χ3n) is 4.37. The van der Waals surface area contributed by atoms with Crippen LogP contribution in [-0.4, -0.2) is 46.3 Å². The molecule has 0 unspecified atom stereocenters. The lowest BCUT2D eigenvalue weighted by atomic mass is 10.1. The summed E-state index contributed by atoms with van der Waals surface area (Å²) in [6.07, 6.45) is 7.15. The molecular formula is C26H24N2O6. The summed E-state index contributed by atoms with van der Waals surface area (Å²) in [5.41, 5.74) is 2.89. The Morgan fingerprint density at radius 3 is 1.09 bits per heavy atom. The molecule has 0 aliphatic heterocycles. The molecule has 0 aliphatic carbocycles. The van der Waals surface area contributed by atoms with Crippen LogP contribution in [0.15, 0.2) is 97.6 Å². The Bertz CT molecular complexity index is 1050. The van der Waals surface area contributed by atoms with Crippen molar-refractivity contribution in [2.24, 2.45) is 0 Å². The Labute approximate surface area is 197 Å². The van der Waals surface area contributed by atoms with E-state index in [4.69, 9.17) is 19.7 Å². The second kappa shape index (κ2) is 13.6. The number of pyridine rings is 2. The molecule has 0 bridgehead atoms. The normalized spacial score (nSPS) is 9.35. The van der Waals surface area contributed by atoms with E-state index in [-0.39, 0.29) is 11.1 Å². The van der Waals surface area contributed by atoms with Gasteiger partial charge in [0.2, 0.25) is 0 Å². The van der Waals surface area contributed by atoms with Crippen LogP contribution >= 0.6 is 0 Å². The molecule has 174 valence electrons. The molecule has 8 heteroatoms. The first-order valence-electron chi connectivity index (χ1n) is 9.99. The number of ether oxygens (including phenoxy) is 2. The highest BCUT2D eigenvalue weighted by Gasteiger charge is 2.01. The van der Waals surface area contributed by atoms with Gasteiger partial charge in [-0.2, -0.15) is 0 Å². The number of hydrogen-bond donors (Lipinski definition) is 2.